The summed E-state index contributed by atoms with van der Waals surface area (Å²) < 4.78 is 0. The minimum Gasteiger partial charge on any atom is -0.384 e. The van der Waals surface area contributed by atoms with E-state index in [1.807, 2.05) is 17.8 Å². The van der Waals surface area contributed by atoms with Gasteiger partial charge in [-0.25, -0.2) is 0 Å². The van der Waals surface area contributed by atoms with Crippen LogP contribution in [0.2, 0.25) is 0 Å². The van der Waals surface area contributed by atoms with Crippen LogP contribution in [0.1, 0.15) is 12.0 Å². The van der Waals surface area contributed by atoms with Crippen LogP contribution in [0, 0.1) is 0 Å². The minimum absolute atomic E-state index is 1.08. The van der Waals surface area contributed by atoms with Gasteiger partial charge >= 0.3 is 0 Å². The molecule has 0 aromatic heterocycles. The molecule has 0 fully saturated rings. The van der Waals surface area contributed by atoms with E-state index < -0.39 is 0 Å². The van der Waals surface area contributed by atoms with Gasteiger partial charge in [-0.1, -0.05) is 18.7 Å². The number of thioether (sulfide) groups is 1. The number of fused-ring (bicyclic) bond motifs is 1. The number of anilines is 1. The maximum absolute atomic E-state index is 3.77. The number of hydrogen-bond donors (Lipinski definition) is 1. The van der Waals surface area contributed by atoms with Crippen molar-refractivity contribution in [3.8, 4) is 0 Å². The van der Waals surface area contributed by atoms with E-state index in [1.165, 1.54) is 28.3 Å². The van der Waals surface area contributed by atoms with Gasteiger partial charge in [-0.15, -0.1) is 11.8 Å². The molecule has 0 aliphatic carbocycles. The third kappa shape index (κ3) is 1.89. The van der Waals surface area contributed by atoms with Crippen molar-refractivity contribution in [3.05, 3.63) is 30.3 Å². The van der Waals surface area contributed by atoms with E-state index in [4.69, 9.17) is 0 Å². The summed E-state index contributed by atoms with van der Waals surface area (Å²) in [6.07, 6.45) is 3.13. The molecule has 1 aliphatic heterocycles. The Hall–Kier alpha value is -0.890. The van der Waals surface area contributed by atoms with Gasteiger partial charge in [0.05, 0.1) is 0 Å². The summed E-state index contributed by atoms with van der Waals surface area (Å²) in [5, 5.41) is 3.43. The van der Waals surface area contributed by atoms with Gasteiger partial charge in [0.2, 0.25) is 0 Å². The lowest BCUT2D eigenvalue weighted by Crippen LogP contribution is -1.99. The van der Waals surface area contributed by atoms with E-state index in [-0.39, 0.29) is 0 Å². The lowest BCUT2D eigenvalue weighted by molar-refractivity contribution is 0.999. The van der Waals surface area contributed by atoms with Gasteiger partial charge in [-0.3, -0.25) is 0 Å². The maximum atomic E-state index is 3.77. The van der Waals surface area contributed by atoms with E-state index in [0.717, 1.165) is 6.54 Å². The average molecular weight is 191 g/mol. The second-order valence-corrected chi connectivity index (χ2v) is 4.23. The molecule has 1 aromatic carbocycles. The summed E-state index contributed by atoms with van der Waals surface area (Å²) in [5.74, 6) is 1.22. The van der Waals surface area contributed by atoms with Gasteiger partial charge in [-0.2, -0.15) is 0 Å². The zero-order valence-corrected chi connectivity index (χ0v) is 8.36. The van der Waals surface area contributed by atoms with Crippen LogP contribution in [0.5, 0.6) is 0 Å². The summed E-state index contributed by atoms with van der Waals surface area (Å²) in [4.78, 5) is 1.36. The summed E-state index contributed by atoms with van der Waals surface area (Å²) in [6, 6.07) is 6.46. The molecule has 1 aliphatic rings. The standard InChI is InChI=1S/C11H13NS/c1-2-9-4-5-11-10(8-9)12-6-3-7-13-11/h2,4-5,8,12H,1,3,6-7H2. The first-order chi connectivity index (χ1) is 6.40. The van der Waals surface area contributed by atoms with Crippen molar-refractivity contribution in [2.45, 2.75) is 11.3 Å². The fourth-order valence-electron chi connectivity index (χ4n) is 1.42. The van der Waals surface area contributed by atoms with Crippen LogP contribution in [-0.4, -0.2) is 12.3 Å². The Morgan fingerprint density at radius 3 is 3.23 bits per heavy atom. The summed E-state index contributed by atoms with van der Waals surface area (Å²) >= 11 is 1.93. The van der Waals surface area contributed by atoms with Crippen LogP contribution in [0.4, 0.5) is 5.69 Å². The highest BCUT2D eigenvalue weighted by atomic mass is 32.2. The Morgan fingerprint density at radius 1 is 1.46 bits per heavy atom. The molecule has 0 radical (unpaired) electrons. The van der Waals surface area contributed by atoms with Crippen LogP contribution in [0.25, 0.3) is 6.08 Å². The monoisotopic (exact) mass is 191 g/mol. The van der Waals surface area contributed by atoms with Gasteiger partial charge in [-0.05, 0) is 29.9 Å². The molecule has 0 atom stereocenters. The van der Waals surface area contributed by atoms with E-state index >= 15 is 0 Å². The highest BCUT2D eigenvalue weighted by molar-refractivity contribution is 7.99. The molecular formula is C11H13NS. The van der Waals surface area contributed by atoms with Crippen LogP contribution in [0.15, 0.2) is 29.7 Å². The molecule has 0 saturated heterocycles. The first-order valence-corrected chi connectivity index (χ1v) is 5.52. The topological polar surface area (TPSA) is 12.0 Å². The van der Waals surface area contributed by atoms with Crippen molar-refractivity contribution in [1.29, 1.82) is 0 Å². The minimum atomic E-state index is 1.08. The quantitative estimate of drug-likeness (QED) is 0.731. The van der Waals surface area contributed by atoms with Gasteiger partial charge < -0.3 is 5.32 Å². The second-order valence-electron chi connectivity index (χ2n) is 3.09. The molecule has 1 N–H and O–H groups in total. The first-order valence-electron chi connectivity index (χ1n) is 4.53. The number of benzene rings is 1. The van der Waals surface area contributed by atoms with E-state index in [0.29, 0.717) is 0 Å². The third-order valence-electron chi connectivity index (χ3n) is 2.13. The number of hydrogen-bond acceptors (Lipinski definition) is 2. The fraction of sp³-hybridized carbons (Fsp3) is 0.273. The second kappa shape index (κ2) is 3.88. The van der Waals surface area contributed by atoms with Gasteiger partial charge in [0.15, 0.2) is 0 Å². The van der Waals surface area contributed by atoms with Crippen molar-refractivity contribution >= 4 is 23.5 Å². The van der Waals surface area contributed by atoms with E-state index in [1.54, 1.807) is 0 Å². The summed E-state index contributed by atoms with van der Waals surface area (Å²) in [6.45, 7) is 4.85. The molecule has 0 saturated carbocycles. The molecule has 2 rings (SSSR count). The number of nitrogens with one attached hydrogen (secondary N) is 1. The summed E-state index contributed by atoms with van der Waals surface area (Å²) in [7, 11) is 0. The Morgan fingerprint density at radius 2 is 2.38 bits per heavy atom. The summed E-state index contributed by atoms with van der Waals surface area (Å²) in [5.41, 5.74) is 2.45. The van der Waals surface area contributed by atoms with Crippen molar-refractivity contribution in [2.24, 2.45) is 0 Å². The Labute approximate surface area is 83.2 Å². The van der Waals surface area contributed by atoms with E-state index in [9.17, 15) is 0 Å². The molecule has 0 bridgehead atoms. The zero-order valence-electron chi connectivity index (χ0n) is 7.55. The third-order valence-corrected chi connectivity index (χ3v) is 3.29. The number of rotatable bonds is 1. The molecule has 2 heteroatoms. The highest BCUT2D eigenvalue weighted by Gasteiger charge is 2.06. The lowest BCUT2D eigenvalue weighted by atomic mass is 10.2. The Balaban J connectivity index is 2.37. The maximum Gasteiger partial charge on any atom is 0.0484 e. The van der Waals surface area contributed by atoms with Crippen LogP contribution < -0.4 is 5.32 Å². The molecule has 1 nitrogen and oxygen atoms in total. The predicted octanol–water partition coefficient (Wildman–Crippen LogP) is 3.24. The Bertz CT molecular complexity index is 320. The molecule has 68 valence electrons. The van der Waals surface area contributed by atoms with Gasteiger partial charge in [0.25, 0.3) is 0 Å². The fourth-order valence-corrected chi connectivity index (χ4v) is 2.38. The molecule has 0 spiro atoms. The molecule has 0 unspecified atom stereocenters. The van der Waals surface area contributed by atoms with E-state index in [2.05, 4.69) is 30.1 Å². The van der Waals surface area contributed by atoms with Crippen molar-refractivity contribution in [1.82, 2.24) is 0 Å². The first kappa shape index (κ1) is 8.70. The molecule has 13 heavy (non-hydrogen) atoms. The van der Waals surface area contributed by atoms with Gasteiger partial charge in [0.1, 0.15) is 0 Å². The Kier molecular flexibility index (Phi) is 2.60. The molecule has 1 heterocycles. The average Bonchev–Trinajstić information content (AvgIpc) is 2.41. The lowest BCUT2D eigenvalue weighted by Gasteiger charge is -2.07. The van der Waals surface area contributed by atoms with Crippen LogP contribution in [-0.2, 0) is 0 Å². The van der Waals surface area contributed by atoms with Crippen molar-refractivity contribution in [3.63, 3.8) is 0 Å². The normalized spacial score (nSPS) is 15.4. The predicted molar refractivity (Wildman–Crippen MR) is 60.4 cm³/mol. The zero-order chi connectivity index (χ0) is 9.10. The SMILES string of the molecule is C=Cc1ccc2c(c1)NCCCS2. The molecule has 0 amide bonds. The smallest absolute Gasteiger partial charge is 0.0484 e. The van der Waals surface area contributed by atoms with Gasteiger partial charge in [0, 0.05) is 17.1 Å². The van der Waals surface area contributed by atoms with Crippen molar-refractivity contribution in [2.75, 3.05) is 17.6 Å². The van der Waals surface area contributed by atoms with Crippen LogP contribution in [0.3, 0.4) is 0 Å². The highest BCUT2D eigenvalue weighted by Crippen LogP contribution is 2.31. The van der Waals surface area contributed by atoms with Crippen LogP contribution >= 0.6 is 11.8 Å². The largest absolute Gasteiger partial charge is 0.384 e. The van der Waals surface area contributed by atoms with Crippen molar-refractivity contribution < 1.29 is 0 Å². The molecule has 1 aromatic rings. The molecular weight excluding hydrogens is 178 g/mol.